The van der Waals surface area contributed by atoms with Gasteiger partial charge in [0.15, 0.2) is 0 Å². The van der Waals surface area contributed by atoms with E-state index in [1.165, 1.54) is 0 Å². The van der Waals surface area contributed by atoms with E-state index in [-0.39, 0.29) is 10.8 Å². The number of aromatic nitrogens is 1. The lowest BCUT2D eigenvalue weighted by Gasteiger charge is -2.32. The van der Waals surface area contributed by atoms with Gasteiger partial charge in [-0.3, -0.25) is 5.73 Å². The molecular weight excluding hydrogens is 430 g/mol. The largest absolute Gasteiger partial charge is 0.384 e. The summed E-state index contributed by atoms with van der Waals surface area (Å²) in [5.74, 6) is 0.0864. The number of rotatable bonds is 7. The van der Waals surface area contributed by atoms with Crippen molar-refractivity contribution in [2.75, 3.05) is 19.6 Å². The molecule has 1 saturated heterocycles. The van der Waals surface area contributed by atoms with Crippen LogP contribution in [0.15, 0.2) is 57.0 Å². The number of nitrogens with one attached hydrogen (secondary N) is 2. The Morgan fingerprint density at radius 1 is 1.34 bits per heavy atom. The first kappa shape index (κ1) is 22.5. The Morgan fingerprint density at radius 3 is 2.81 bits per heavy atom. The average Bonchev–Trinajstić information content (AvgIpc) is 3.19. The molecule has 32 heavy (non-hydrogen) atoms. The maximum Gasteiger partial charge on any atom is 0.243 e. The normalized spacial score (nSPS) is 24.2. The van der Waals surface area contributed by atoms with Crippen molar-refractivity contribution in [3.8, 4) is 0 Å². The van der Waals surface area contributed by atoms with Crippen LogP contribution in [0, 0.1) is 12.8 Å². The summed E-state index contributed by atoms with van der Waals surface area (Å²) >= 11 is 0. The van der Waals surface area contributed by atoms with Gasteiger partial charge in [0.2, 0.25) is 15.8 Å². The number of sulfonamides is 1. The van der Waals surface area contributed by atoms with Crippen LogP contribution in [-0.2, 0) is 22.4 Å². The Morgan fingerprint density at radius 2 is 2.12 bits per heavy atom. The molecule has 0 bridgehead atoms. The summed E-state index contributed by atoms with van der Waals surface area (Å²) in [6, 6.07) is 8.36. The molecule has 1 fully saturated rings. The average molecular weight is 460 g/mol. The van der Waals surface area contributed by atoms with Crippen molar-refractivity contribution in [1.82, 2.24) is 20.1 Å². The van der Waals surface area contributed by atoms with Crippen LogP contribution in [0.25, 0.3) is 0 Å². The standard InChI is InChI=1S/C21H29N7O3S/c1-15-11-18(27-31-15)13-24-12-16-3-2-10-28(14-16)32(29,30)19-6-4-17(5-7-19)21(23)25-9-8-20(22)26-21/h4-9,11,16,24-25H,2-3,10,12-14,23H2,1H3,(H2,22,26). The summed E-state index contributed by atoms with van der Waals surface area (Å²) in [5, 5.41) is 10.3. The van der Waals surface area contributed by atoms with E-state index in [2.05, 4.69) is 20.8 Å². The molecule has 2 aliphatic heterocycles. The molecule has 0 saturated carbocycles. The van der Waals surface area contributed by atoms with Gasteiger partial charge in [-0.05, 0) is 50.4 Å². The lowest BCUT2D eigenvalue weighted by Crippen LogP contribution is -2.49. The van der Waals surface area contributed by atoms with E-state index in [0.717, 1.165) is 24.3 Å². The number of aliphatic imine (C=N–C) groups is 1. The quantitative estimate of drug-likeness (QED) is 0.473. The molecule has 4 rings (SSSR count). The van der Waals surface area contributed by atoms with Crippen molar-refractivity contribution >= 4 is 15.9 Å². The van der Waals surface area contributed by atoms with Gasteiger partial charge in [-0.15, -0.1) is 0 Å². The molecule has 0 amide bonds. The number of nitrogens with two attached hydrogens (primary N) is 2. The molecular formula is C21H29N7O3S. The molecule has 6 N–H and O–H groups in total. The molecule has 2 unspecified atom stereocenters. The van der Waals surface area contributed by atoms with Gasteiger partial charge in [-0.1, -0.05) is 17.3 Å². The molecule has 172 valence electrons. The second-order valence-electron chi connectivity index (χ2n) is 8.24. The van der Waals surface area contributed by atoms with Gasteiger partial charge in [0.1, 0.15) is 11.6 Å². The minimum Gasteiger partial charge on any atom is -0.384 e. The van der Waals surface area contributed by atoms with E-state index in [0.29, 0.717) is 37.6 Å². The second kappa shape index (κ2) is 9.02. The van der Waals surface area contributed by atoms with Crippen LogP contribution in [0.5, 0.6) is 0 Å². The predicted molar refractivity (Wildman–Crippen MR) is 121 cm³/mol. The lowest BCUT2D eigenvalue weighted by atomic mass is 10.00. The molecule has 0 aliphatic carbocycles. The third kappa shape index (κ3) is 4.85. The van der Waals surface area contributed by atoms with Gasteiger partial charge < -0.3 is 20.9 Å². The maximum absolute atomic E-state index is 13.2. The van der Waals surface area contributed by atoms with E-state index in [1.807, 2.05) is 13.0 Å². The highest BCUT2D eigenvalue weighted by Crippen LogP contribution is 2.26. The summed E-state index contributed by atoms with van der Waals surface area (Å²) in [5.41, 5.74) is 13.5. The fourth-order valence-corrected chi connectivity index (χ4v) is 5.58. The van der Waals surface area contributed by atoms with Crippen molar-refractivity contribution in [3.05, 3.63) is 59.6 Å². The maximum atomic E-state index is 13.2. The molecule has 2 aliphatic rings. The first-order valence-corrected chi connectivity index (χ1v) is 12.0. The number of nitrogens with zero attached hydrogens (tertiary/aromatic N) is 3. The zero-order valence-corrected chi connectivity index (χ0v) is 18.8. The van der Waals surface area contributed by atoms with Crippen LogP contribution >= 0.6 is 0 Å². The Hall–Kier alpha value is -2.73. The minimum atomic E-state index is -3.60. The molecule has 2 atom stereocenters. The van der Waals surface area contributed by atoms with Gasteiger partial charge in [-0.2, -0.15) is 4.31 Å². The third-order valence-electron chi connectivity index (χ3n) is 5.69. The van der Waals surface area contributed by atoms with Crippen molar-refractivity contribution in [2.24, 2.45) is 22.4 Å². The van der Waals surface area contributed by atoms with E-state index in [9.17, 15) is 8.42 Å². The van der Waals surface area contributed by atoms with Crippen molar-refractivity contribution in [2.45, 2.75) is 37.0 Å². The van der Waals surface area contributed by atoms with Crippen LogP contribution in [0.1, 0.15) is 29.9 Å². The molecule has 0 radical (unpaired) electrons. The summed E-state index contributed by atoms with van der Waals surface area (Å²) in [6.45, 7) is 4.15. The Labute approximate surface area is 187 Å². The summed E-state index contributed by atoms with van der Waals surface area (Å²) in [6.07, 6.45) is 5.03. The number of piperidine rings is 1. The Kier molecular flexibility index (Phi) is 6.33. The number of benzene rings is 1. The third-order valence-corrected chi connectivity index (χ3v) is 7.57. The lowest BCUT2D eigenvalue weighted by molar-refractivity contribution is 0.259. The smallest absolute Gasteiger partial charge is 0.243 e. The van der Waals surface area contributed by atoms with Crippen LogP contribution in [0.3, 0.4) is 0 Å². The van der Waals surface area contributed by atoms with E-state index < -0.39 is 15.8 Å². The first-order valence-electron chi connectivity index (χ1n) is 10.6. The van der Waals surface area contributed by atoms with Gasteiger partial charge >= 0.3 is 0 Å². The number of amidine groups is 1. The molecule has 3 heterocycles. The highest BCUT2D eigenvalue weighted by Gasteiger charge is 2.32. The van der Waals surface area contributed by atoms with Crippen LogP contribution in [0.2, 0.25) is 0 Å². The van der Waals surface area contributed by atoms with Crippen molar-refractivity contribution in [3.63, 3.8) is 0 Å². The first-order chi connectivity index (χ1) is 15.3. The van der Waals surface area contributed by atoms with E-state index in [1.54, 1.807) is 40.8 Å². The van der Waals surface area contributed by atoms with E-state index in [4.69, 9.17) is 16.0 Å². The zero-order chi connectivity index (χ0) is 22.8. The number of hydrogen-bond donors (Lipinski definition) is 4. The summed E-state index contributed by atoms with van der Waals surface area (Å²) < 4.78 is 33.1. The molecule has 10 nitrogen and oxygen atoms in total. The molecule has 2 aromatic rings. The summed E-state index contributed by atoms with van der Waals surface area (Å²) in [4.78, 5) is 4.46. The minimum absolute atomic E-state index is 0.230. The van der Waals surface area contributed by atoms with Gasteiger partial charge in [-0.25, -0.2) is 13.4 Å². The zero-order valence-electron chi connectivity index (χ0n) is 18.0. The second-order valence-corrected chi connectivity index (χ2v) is 10.2. The Balaban J connectivity index is 1.39. The van der Waals surface area contributed by atoms with Crippen LogP contribution in [-0.4, -0.2) is 43.3 Å². The highest BCUT2D eigenvalue weighted by atomic mass is 32.2. The Bertz CT molecular complexity index is 1110. The SMILES string of the molecule is Cc1cc(CNCC2CCCN(S(=O)(=O)c3ccc(C4(N)N=C(N)C=CN4)cc3)C2)no1. The fourth-order valence-electron chi connectivity index (χ4n) is 4.02. The fraction of sp³-hybridized carbons (Fsp3) is 0.429. The van der Waals surface area contributed by atoms with Crippen molar-refractivity contribution < 1.29 is 12.9 Å². The molecule has 0 spiro atoms. The number of aryl methyl sites for hydroxylation is 1. The van der Waals surface area contributed by atoms with Crippen LogP contribution < -0.4 is 22.1 Å². The summed E-state index contributed by atoms with van der Waals surface area (Å²) in [7, 11) is -3.60. The van der Waals surface area contributed by atoms with Gasteiger partial charge in [0, 0.05) is 37.5 Å². The highest BCUT2D eigenvalue weighted by molar-refractivity contribution is 7.89. The van der Waals surface area contributed by atoms with Crippen molar-refractivity contribution in [1.29, 1.82) is 0 Å². The predicted octanol–water partition coefficient (Wildman–Crippen LogP) is 0.717. The topological polar surface area (TPSA) is 152 Å². The molecule has 1 aromatic heterocycles. The number of hydrogen-bond acceptors (Lipinski definition) is 9. The monoisotopic (exact) mass is 459 g/mol. The van der Waals surface area contributed by atoms with Gasteiger partial charge in [0.25, 0.3) is 0 Å². The van der Waals surface area contributed by atoms with Gasteiger partial charge in [0.05, 0.1) is 10.6 Å². The van der Waals surface area contributed by atoms with Crippen LogP contribution in [0.4, 0.5) is 0 Å². The molecule has 11 heteroatoms. The van der Waals surface area contributed by atoms with E-state index >= 15 is 0 Å². The molecule has 1 aromatic carbocycles.